The summed E-state index contributed by atoms with van der Waals surface area (Å²) in [6.07, 6.45) is 4.69. The molecule has 0 bridgehead atoms. The highest BCUT2D eigenvalue weighted by molar-refractivity contribution is 5.93. The normalized spacial score (nSPS) is 20.4. The zero-order valence-corrected chi connectivity index (χ0v) is 14.5. The van der Waals surface area contributed by atoms with E-state index in [0.717, 1.165) is 17.1 Å². The Morgan fingerprint density at radius 1 is 1.35 bits per heavy atom. The minimum absolute atomic E-state index is 0.180. The Hall–Kier alpha value is -2.93. The van der Waals surface area contributed by atoms with Crippen molar-refractivity contribution in [1.82, 2.24) is 25.1 Å². The molecule has 3 N–H and O–H groups in total. The second kappa shape index (κ2) is 6.76. The molecule has 1 saturated carbocycles. The summed E-state index contributed by atoms with van der Waals surface area (Å²) in [4.78, 5) is 17.1. The molecule has 26 heavy (non-hydrogen) atoms. The Morgan fingerprint density at radius 2 is 2.19 bits per heavy atom. The van der Waals surface area contributed by atoms with Crippen LogP contribution in [-0.2, 0) is 7.05 Å². The van der Waals surface area contributed by atoms with E-state index in [-0.39, 0.29) is 24.0 Å². The molecule has 7 nitrogen and oxygen atoms in total. The number of nitrogens with one attached hydrogen (secondary N) is 2. The van der Waals surface area contributed by atoms with Crippen LogP contribution < -0.4 is 5.32 Å². The maximum Gasteiger partial charge on any atom is 0.269 e. The Morgan fingerprint density at radius 3 is 2.85 bits per heavy atom. The van der Waals surface area contributed by atoms with E-state index in [2.05, 4.69) is 20.5 Å². The summed E-state index contributed by atoms with van der Waals surface area (Å²) >= 11 is 0. The number of carbonyl (C=O) groups excluding carboxylic acids is 1. The van der Waals surface area contributed by atoms with Gasteiger partial charge in [-0.3, -0.25) is 14.9 Å². The molecule has 0 saturated heterocycles. The number of hydrogen-bond donors (Lipinski definition) is 3. The van der Waals surface area contributed by atoms with Gasteiger partial charge in [0.05, 0.1) is 23.5 Å². The lowest BCUT2D eigenvalue weighted by molar-refractivity contribution is 0.0227. The van der Waals surface area contributed by atoms with E-state index in [9.17, 15) is 9.90 Å². The fourth-order valence-corrected chi connectivity index (χ4v) is 3.41. The van der Waals surface area contributed by atoms with Gasteiger partial charge in [0, 0.05) is 19.4 Å². The predicted molar refractivity (Wildman–Crippen MR) is 96.2 cm³/mol. The zero-order chi connectivity index (χ0) is 18.1. The largest absolute Gasteiger partial charge is 0.393 e. The first-order valence-electron chi connectivity index (χ1n) is 8.69. The molecule has 1 atom stereocenters. The van der Waals surface area contributed by atoms with Crippen molar-refractivity contribution in [2.24, 2.45) is 13.0 Å². The topological polar surface area (TPSA) is 95.8 Å². The molecule has 4 rings (SSSR count). The Kier molecular flexibility index (Phi) is 4.30. The van der Waals surface area contributed by atoms with Crippen LogP contribution in [0.15, 0.2) is 48.8 Å². The third-order valence-corrected chi connectivity index (χ3v) is 4.94. The van der Waals surface area contributed by atoms with Crippen molar-refractivity contribution in [3.8, 4) is 11.4 Å². The Bertz CT molecular complexity index is 896. The number of H-pyrrole nitrogens is 1. The van der Waals surface area contributed by atoms with Crippen molar-refractivity contribution < 1.29 is 9.90 Å². The minimum Gasteiger partial charge on any atom is -0.393 e. The number of nitrogens with zero attached hydrogens (tertiary/aromatic N) is 3. The summed E-state index contributed by atoms with van der Waals surface area (Å²) < 4.78 is 1.95. The zero-order valence-electron chi connectivity index (χ0n) is 14.5. The second-order valence-corrected chi connectivity index (χ2v) is 6.76. The number of carbonyl (C=O) groups is 1. The highest BCUT2D eigenvalue weighted by Gasteiger charge is 2.36. The van der Waals surface area contributed by atoms with Crippen LogP contribution in [0.1, 0.15) is 35.1 Å². The van der Waals surface area contributed by atoms with Gasteiger partial charge in [-0.2, -0.15) is 5.10 Å². The SMILES string of the molecule is Cn1cccc1-c1cc(C(=O)N[C@H](c2ccccn2)C2CC(O)C2)[nH]n1. The van der Waals surface area contributed by atoms with Crippen molar-refractivity contribution in [3.05, 3.63) is 60.2 Å². The summed E-state index contributed by atoms with van der Waals surface area (Å²) in [7, 11) is 1.93. The molecular formula is C19H21N5O2. The van der Waals surface area contributed by atoms with Gasteiger partial charge in [0.15, 0.2) is 0 Å². The van der Waals surface area contributed by atoms with Crippen LogP contribution in [0.5, 0.6) is 0 Å². The van der Waals surface area contributed by atoms with Crippen LogP contribution in [0.4, 0.5) is 0 Å². The second-order valence-electron chi connectivity index (χ2n) is 6.76. The maximum absolute atomic E-state index is 12.7. The van der Waals surface area contributed by atoms with E-state index >= 15 is 0 Å². The van der Waals surface area contributed by atoms with Crippen LogP contribution in [0.25, 0.3) is 11.4 Å². The number of aliphatic hydroxyl groups excluding tert-OH is 1. The molecule has 3 aromatic heterocycles. The van der Waals surface area contributed by atoms with E-state index in [1.807, 2.05) is 48.1 Å². The van der Waals surface area contributed by atoms with Crippen LogP contribution in [0, 0.1) is 5.92 Å². The average Bonchev–Trinajstić information content (AvgIpc) is 3.26. The summed E-state index contributed by atoms with van der Waals surface area (Å²) in [5.74, 6) is -0.0471. The summed E-state index contributed by atoms with van der Waals surface area (Å²) in [6, 6.07) is 11.1. The number of aryl methyl sites for hydroxylation is 1. The average molecular weight is 351 g/mol. The molecule has 0 unspecified atom stereocenters. The van der Waals surface area contributed by atoms with Crippen LogP contribution in [-0.4, -0.2) is 36.9 Å². The Balaban J connectivity index is 1.53. The molecule has 3 aromatic rings. The van der Waals surface area contributed by atoms with Crippen LogP contribution >= 0.6 is 0 Å². The van der Waals surface area contributed by atoms with Crippen molar-refractivity contribution in [1.29, 1.82) is 0 Å². The third kappa shape index (κ3) is 3.13. The van der Waals surface area contributed by atoms with Crippen molar-refractivity contribution in [3.63, 3.8) is 0 Å². The van der Waals surface area contributed by atoms with Gasteiger partial charge >= 0.3 is 0 Å². The van der Waals surface area contributed by atoms with Gasteiger partial charge in [0.1, 0.15) is 11.4 Å². The third-order valence-electron chi connectivity index (χ3n) is 4.94. The van der Waals surface area contributed by atoms with E-state index in [1.54, 1.807) is 12.3 Å². The van der Waals surface area contributed by atoms with E-state index in [4.69, 9.17) is 0 Å². The summed E-state index contributed by atoms with van der Waals surface area (Å²) in [6.45, 7) is 0. The molecule has 1 aliphatic rings. The first kappa shape index (κ1) is 16.5. The number of rotatable bonds is 5. The molecular weight excluding hydrogens is 330 g/mol. The fourth-order valence-electron chi connectivity index (χ4n) is 3.41. The molecule has 134 valence electrons. The lowest BCUT2D eigenvalue weighted by Crippen LogP contribution is -2.41. The summed E-state index contributed by atoms with van der Waals surface area (Å²) in [5, 5.41) is 19.8. The molecule has 1 amide bonds. The maximum atomic E-state index is 12.7. The predicted octanol–water partition coefficient (Wildman–Crippen LogP) is 2.05. The van der Waals surface area contributed by atoms with Crippen molar-refractivity contribution >= 4 is 5.91 Å². The van der Waals surface area contributed by atoms with E-state index in [1.165, 1.54) is 0 Å². The first-order valence-corrected chi connectivity index (χ1v) is 8.69. The number of hydrogen-bond acceptors (Lipinski definition) is 4. The molecule has 1 fully saturated rings. The molecule has 7 heteroatoms. The van der Waals surface area contributed by atoms with Gasteiger partial charge in [-0.05, 0) is 49.1 Å². The smallest absolute Gasteiger partial charge is 0.269 e. The number of aliphatic hydroxyl groups is 1. The fraction of sp³-hybridized carbons (Fsp3) is 0.316. The van der Waals surface area contributed by atoms with Gasteiger partial charge in [0.2, 0.25) is 0 Å². The van der Waals surface area contributed by atoms with Gasteiger partial charge in [0.25, 0.3) is 5.91 Å². The monoisotopic (exact) mass is 351 g/mol. The number of aromatic nitrogens is 4. The molecule has 0 spiro atoms. The summed E-state index contributed by atoms with van der Waals surface area (Å²) in [5.41, 5.74) is 2.86. The molecule has 3 heterocycles. The minimum atomic E-state index is -0.292. The van der Waals surface area contributed by atoms with Crippen LogP contribution in [0.2, 0.25) is 0 Å². The lowest BCUT2D eigenvalue weighted by Gasteiger charge is -2.37. The number of amides is 1. The van der Waals surface area contributed by atoms with E-state index in [0.29, 0.717) is 18.5 Å². The van der Waals surface area contributed by atoms with Crippen LogP contribution in [0.3, 0.4) is 0 Å². The number of pyridine rings is 1. The quantitative estimate of drug-likeness (QED) is 0.655. The van der Waals surface area contributed by atoms with Crippen molar-refractivity contribution in [2.45, 2.75) is 25.0 Å². The standard InChI is InChI=1S/C19H21N5O2/c1-24-8-4-6-17(24)15-11-16(23-22-15)19(26)21-18(12-9-13(25)10-12)14-5-2-3-7-20-14/h2-8,11-13,18,25H,9-10H2,1H3,(H,21,26)(H,22,23)/t12?,13?,18-/m0/s1. The van der Waals surface area contributed by atoms with Crippen molar-refractivity contribution in [2.75, 3.05) is 0 Å². The van der Waals surface area contributed by atoms with E-state index < -0.39 is 0 Å². The van der Waals surface area contributed by atoms with Gasteiger partial charge in [-0.25, -0.2) is 0 Å². The highest BCUT2D eigenvalue weighted by Crippen LogP contribution is 2.37. The molecule has 0 radical (unpaired) electrons. The molecule has 0 aliphatic heterocycles. The van der Waals surface area contributed by atoms with Gasteiger partial charge in [-0.15, -0.1) is 0 Å². The van der Waals surface area contributed by atoms with Gasteiger partial charge < -0.3 is 15.0 Å². The van der Waals surface area contributed by atoms with Gasteiger partial charge in [-0.1, -0.05) is 6.07 Å². The highest BCUT2D eigenvalue weighted by atomic mass is 16.3. The number of aromatic amines is 1. The first-order chi connectivity index (χ1) is 12.6. The lowest BCUT2D eigenvalue weighted by atomic mass is 9.76. The molecule has 1 aliphatic carbocycles. The molecule has 0 aromatic carbocycles. The Labute approximate surface area is 151 Å².